The Kier molecular flexibility index (Phi) is 6.04. The number of hydrogen-bond acceptors (Lipinski definition) is 4. The Morgan fingerprint density at radius 3 is 2.43 bits per heavy atom. The number of primary sulfonamides is 1. The predicted molar refractivity (Wildman–Crippen MR) is 88.6 cm³/mol. The van der Waals surface area contributed by atoms with Crippen molar-refractivity contribution in [2.45, 2.75) is 51.3 Å². The number of hydrogen-bond donors (Lipinski definition) is 3. The fraction of sp³-hybridized carbons (Fsp3) is 0.600. The number of nitrogens with one attached hydrogen (secondary N) is 1. The van der Waals surface area contributed by atoms with E-state index in [9.17, 15) is 8.42 Å². The fourth-order valence-electron chi connectivity index (χ4n) is 2.17. The van der Waals surface area contributed by atoms with Crippen LogP contribution in [0.4, 0.5) is 11.4 Å². The normalized spacial score (nSPS) is 12.4. The molecule has 6 heteroatoms. The zero-order valence-corrected chi connectivity index (χ0v) is 14.0. The van der Waals surface area contributed by atoms with Crippen LogP contribution in [0.15, 0.2) is 23.1 Å². The maximum Gasteiger partial charge on any atom is 0.238 e. The number of nitrogens with two attached hydrogens (primary N) is 2. The van der Waals surface area contributed by atoms with Crippen molar-refractivity contribution in [2.75, 3.05) is 17.6 Å². The van der Waals surface area contributed by atoms with E-state index in [-0.39, 0.29) is 10.3 Å². The van der Waals surface area contributed by atoms with E-state index in [0.29, 0.717) is 11.4 Å². The number of sulfonamides is 1. The molecule has 1 rings (SSSR count). The summed E-state index contributed by atoms with van der Waals surface area (Å²) in [5.41, 5.74) is 6.94. The molecule has 0 atom stereocenters. The first-order valence-corrected chi connectivity index (χ1v) is 8.86. The largest absolute Gasteiger partial charge is 0.399 e. The molecule has 0 aromatic heterocycles. The Morgan fingerprint density at radius 1 is 1.19 bits per heavy atom. The van der Waals surface area contributed by atoms with E-state index in [2.05, 4.69) is 26.1 Å². The maximum atomic E-state index is 11.4. The highest BCUT2D eigenvalue weighted by Crippen LogP contribution is 2.26. The summed E-state index contributed by atoms with van der Waals surface area (Å²) in [6.45, 7) is 7.34. The van der Waals surface area contributed by atoms with Gasteiger partial charge in [-0.05, 0) is 30.0 Å². The van der Waals surface area contributed by atoms with Crippen LogP contribution < -0.4 is 16.2 Å². The lowest BCUT2D eigenvalue weighted by atomic mass is 9.87. The highest BCUT2D eigenvalue weighted by molar-refractivity contribution is 7.89. The minimum absolute atomic E-state index is 0.0359. The lowest BCUT2D eigenvalue weighted by Crippen LogP contribution is -2.23. The van der Waals surface area contributed by atoms with Gasteiger partial charge in [-0.1, -0.05) is 40.0 Å². The molecule has 5 nitrogen and oxygen atoms in total. The van der Waals surface area contributed by atoms with E-state index >= 15 is 0 Å². The summed E-state index contributed by atoms with van der Waals surface area (Å²) in [4.78, 5) is 0.0359. The third-order valence-corrected chi connectivity index (χ3v) is 4.38. The van der Waals surface area contributed by atoms with Gasteiger partial charge in [-0.2, -0.15) is 0 Å². The topological polar surface area (TPSA) is 98.2 Å². The van der Waals surface area contributed by atoms with Gasteiger partial charge in [0.15, 0.2) is 0 Å². The molecule has 21 heavy (non-hydrogen) atoms. The van der Waals surface area contributed by atoms with Crippen molar-refractivity contribution < 1.29 is 8.42 Å². The summed E-state index contributed by atoms with van der Waals surface area (Å²) in [6, 6.07) is 4.61. The van der Waals surface area contributed by atoms with Gasteiger partial charge in [0, 0.05) is 17.9 Å². The van der Waals surface area contributed by atoms with Gasteiger partial charge in [-0.15, -0.1) is 0 Å². The number of benzene rings is 1. The quantitative estimate of drug-likeness (QED) is 0.507. The lowest BCUT2D eigenvalue weighted by Gasteiger charge is -2.25. The Balaban J connectivity index is 2.73. The average Bonchev–Trinajstić information content (AvgIpc) is 2.35. The summed E-state index contributed by atoms with van der Waals surface area (Å²) in [6.07, 6.45) is 4.76. The molecule has 5 N–H and O–H groups in total. The standard InChI is InChI=1S/C15H27N3O2S/c1-4-5-6-7-15(2,3)11-18-13-8-12(16)9-14(10-13)21(17,19)20/h8-10,18H,4-7,11,16H2,1-3H3,(H2,17,19,20). The van der Waals surface area contributed by atoms with Crippen LogP contribution in [0, 0.1) is 5.41 Å². The minimum Gasteiger partial charge on any atom is -0.399 e. The molecule has 0 aliphatic heterocycles. The van der Waals surface area contributed by atoms with Crippen LogP contribution in [0.3, 0.4) is 0 Å². The summed E-state index contributed by atoms with van der Waals surface area (Å²) in [5, 5.41) is 8.41. The van der Waals surface area contributed by atoms with Gasteiger partial charge >= 0.3 is 0 Å². The molecule has 0 saturated carbocycles. The summed E-state index contributed by atoms with van der Waals surface area (Å²) >= 11 is 0. The van der Waals surface area contributed by atoms with E-state index in [1.165, 1.54) is 31.4 Å². The Labute approximate surface area is 128 Å². The monoisotopic (exact) mass is 313 g/mol. The second-order valence-corrected chi connectivity index (χ2v) is 7.87. The summed E-state index contributed by atoms with van der Waals surface area (Å²) < 4.78 is 22.8. The molecule has 0 saturated heterocycles. The van der Waals surface area contributed by atoms with Gasteiger partial charge in [-0.3, -0.25) is 0 Å². The molecule has 0 spiro atoms. The number of nitrogen functional groups attached to an aromatic ring is 1. The van der Waals surface area contributed by atoms with Crippen molar-refractivity contribution in [3.8, 4) is 0 Å². The van der Waals surface area contributed by atoms with Crippen LogP contribution >= 0.6 is 0 Å². The molecular formula is C15H27N3O2S. The smallest absolute Gasteiger partial charge is 0.238 e. The van der Waals surface area contributed by atoms with E-state index in [1.54, 1.807) is 6.07 Å². The average molecular weight is 313 g/mol. The molecular weight excluding hydrogens is 286 g/mol. The number of anilines is 2. The molecule has 0 amide bonds. The van der Waals surface area contributed by atoms with Crippen molar-refractivity contribution in [3.05, 3.63) is 18.2 Å². The molecule has 0 fully saturated rings. The van der Waals surface area contributed by atoms with Crippen molar-refractivity contribution in [2.24, 2.45) is 10.6 Å². The maximum absolute atomic E-state index is 11.4. The zero-order valence-electron chi connectivity index (χ0n) is 13.1. The van der Waals surface area contributed by atoms with Crippen LogP contribution in [0.2, 0.25) is 0 Å². The third-order valence-electron chi connectivity index (χ3n) is 3.49. The van der Waals surface area contributed by atoms with E-state index in [0.717, 1.165) is 13.0 Å². The molecule has 1 aromatic rings. The van der Waals surface area contributed by atoms with Gasteiger partial charge in [0.2, 0.25) is 10.0 Å². The Hall–Kier alpha value is -1.27. The SMILES string of the molecule is CCCCCC(C)(C)CNc1cc(N)cc(S(N)(=O)=O)c1. The van der Waals surface area contributed by atoms with Crippen molar-refractivity contribution >= 4 is 21.4 Å². The molecule has 0 aliphatic rings. The fourth-order valence-corrected chi connectivity index (χ4v) is 2.76. The molecule has 1 aromatic carbocycles. The van der Waals surface area contributed by atoms with Crippen LogP contribution in [-0.2, 0) is 10.0 Å². The summed E-state index contributed by atoms with van der Waals surface area (Å²) in [5.74, 6) is 0. The second kappa shape index (κ2) is 7.13. The van der Waals surface area contributed by atoms with E-state index in [4.69, 9.17) is 10.9 Å². The van der Waals surface area contributed by atoms with Gasteiger partial charge in [0.1, 0.15) is 0 Å². The highest BCUT2D eigenvalue weighted by atomic mass is 32.2. The Morgan fingerprint density at radius 2 is 1.86 bits per heavy atom. The lowest BCUT2D eigenvalue weighted by molar-refractivity contribution is 0.342. The predicted octanol–water partition coefficient (Wildman–Crippen LogP) is 2.93. The minimum atomic E-state index is -3.74. The molecule has 0 bridgehead atoms. The zero-order chi connectivity index (χ0) is 16.1. The summed E-state index contributed by atoms with van der Waals surface area (Å²) in [7, 11) is -3.74. The van der Waals surface area contributed by atoms with Gasteiger partial charge in [0.05, 0.1) is 4.90 Å². The van der Waals surface area contributed by atoms with Crippen LogP contribution in [0.5, 0.6) is 0 Å². The Bertz CT molecular complexity index is 568. The molecule has 0 aliphatic carbocycles. The second-order valence-electron chi connectivity index (χ2n) is 6.31. The number of rotatable bonds is 8. The first kappa shape index (κ1) is 17.8. The van der Waals surface area contributed by atoms with E-state index < -0.39 is 10.0 Å². The van der Waals surface area contributed by atoms with Crippen molar-refractivity contribution in [3.63, 3.8) is 0 Å². The molecule has 0 unspecified atom stereocenters. The first-order valence-electron chi connectivity index (χ1n) is 7.31. The van der Waals surface area contributed by atoms with Crippen molar-refractivity contribution in [1.82, 2.24) is 0 Å². The van der Waals surface area contributed by atoms with Crippen LogP contribution in [0.25, 0.3) is 0 Å². The van der Waals surface area contributed by atoms with Gasteiger partial charge < -0.3 is 11.1 Å². The molecule has 120 valence electrons. The van der Waals surface area contributed by atoms with E-state index in [1.807, 2.05) is 0 Å². The van der Waals surface area contributed by atoms with Crippen LogP contribution in [-0.4, -0.2) is 15.0 Å². The molecule has 0 radical (unpaired) electrons. The van der Waals surface area contributed by atoms with Gasteiger partial charge in [0.25, 0.3) is 0 Å². The third kappa shape index (κ3) is 6.35. The number of unbranched alkanes of at least 4 members (excludes halogenated alkanes) is 2. The first-order chi connectivity index (χ1) is 9.64. The molecule has 0 heterocycles. The van der Waals surface area contributed by atoms with Gasteiger partial charge in [-0.25, -0.2) is 13.6 Å². The van der Waals surface area contributed by atoms with Crippen molar-refractivity contribution in [1.29, 1.82) is 0 Å². The highest BCUT2D eigenvalue weighted by Gasteiger charge is 2.17. The van der Waals surface area contributed by atoms with Crippen LogP contribution in [0.1, 0.15) is 46.5 Å².